The zero-order valence-electron chi connectivity index (χ0n) is 14.9. The van der Waals surface area contributed by atoms with Gasteiger partial charge in [0.05, 0.1) is 18.2 Å². The Morgan fingerprint density at radius 1 is 1.27 bits per heavy atom. The fourth-order valence-corrected chi connectivity index (χ4v) is 4.56. The topological polar surface area (TPSA) is 27.1 Å². The van der Waals surface area contributed by atoms with Crippen molar-refractivity contribution < 1.29 is 4.74 Å². The van der Waals surface area contributed by atoms with Crippen LogP contribution in [0, 0.1) is 0 Å². The van der Waals surface area contributed by atoms with E-state index in [4.69, 9.17) is 40.2 Å². The van der Waals surface area contributed by atoms with Gasteiger partial charge < -0.3 is 9.30 Å². The van der Waals surface area contributed by atoms with Crippen LogP contribution in [0.4, 0.5) is 0 Å². The normalized spacial score (nSPS) is 12.1. The van der Waals surface area contributed by atoms with Gasteiger partial charge in [0.2, 0.25) is 4.38 Å². The Labute approximate surface area is 175 Å². The minimum Gasteiger partial charge on any atom is -0.479 e. The van der Waals surface area contributed by atoms with E-state index in [1.54, 1.807) is 18.6 Å². The lowest BCUT2D eigenvalue weighted by Gasteiger charge is -2.19. The molecule has 0 spiro atoms. The van der Waals surface area contributed by atoms with Crippen LogP contribution in [0.5, 0.6) is 0 Å². The zero-order chi connectivity index (χ0) is 18.8. The minimum atomic E-state index is 0.0292. The Hall–Kier alpha value is -0.750. The molecule has 3 nitrogen and oxygen atoms in total. The Bertz CT molecular complexity index is 680. The van der Waals surface area contributed by atoms with Gasteiger partial charge in [0.1, 0.15) is 0 Å². The summed E-state index contributed by atoms with van der Waals surface area (Å²) < 4.78 is 8.32. The second-order valence-electron chi connectivity index (χ2n) is 6.04. The third-order valence-electron chi connectivity index (χ3n) is 3.95. The number of unbranched alkanes of at least 4 members (excludes halogenated alkanes) is 4. The second-order valence-corrected chi connectivity index (χ2v) is 8.69. The average Bonchev–Trinajstić information content (AvgIpc) is 3.10. The highest BCUT2D eigenvalue weighted by atomic mass is 35.5. The fourth-order valence-electron chi connectivity index (χ4n) is 2.56. The summed E-state index contributed by atoms with van der Waals surface area (Å²) >= 11 is 19.4. The first-order valence-electron chi connectivity index (χ1n) is 8.84. The lowest BCUT2D eigenvalue weighted by molar-refractivity contribution is 0.308. The van der Waals surface area contributed by atoms with E-state index < -0.39 is 0 Å². The third kappa shape index (κ3) is 7.47. The van der Waals surface area contributed by atoms with Crippen molar-refractivity contribution in [1.29, 1.82) is 0 Å². The Morgan fingerprint density at radius 3 is 2.77 bits per heavy atom. The first-order valence-corrected chi connectivity index (χ1v) is 10.9. The number of rotatable bonds is 10. The molecule has 0 N–H and O–H groups in total. The van der Waals surface area contributed by atoms with Crippen LogP contribution in [0.15, 0.2) is 36.9 Å². The van der Waals surface area contributed by atoms with Gasteiger partial charge in [-0.05, 0) is 36.3 Å². The lowest BCUT2D eigenvalue weighted by atomic mass is 10.1. The quantitative estimate of drug-likeness (QED) is 0.301. The van der Waals surface area contributed by atoms with Gasteiger partial charge in [0.15, 0.2) is 0 Å². The number of thiocarbonyl (C=S) groups is 1. The second kappa shape index (κ2) is 11.9. The predicted molar refractivity (Wildman–Crippen MR) is 116 cm³/mol. The van der Waals surface area contributed by atoms with Gasteiger partial charge in [-0.25, -0.2) is 4.98 Å². The van der Waals surface area contributed by atoms with Gasteiger partial charge in [-0.2, -0.15) is 0 Å². The molecule has 0 amide bonds. The number of hydrogen-bond donors (Lipinski definition) is 0. The van der Waals surface area contributed by atoms with Crippen molar-refractivity contribution in [3.05, 3.63) is 52.5 Å². The molecule has 0 saturated heterocycles. The van der Waals surface area contributed by atoms with E-state index >= 15 is 0 Å². The highest BCUT2D eigenvalue weighted by Gasteiger charge is 2.19. The van der Waals surface area contributed by atoms with Crippen molar-refractivity contribution in [2.24, 2.45) is 0 Å². The van der Waals surface area contributed by atoms with E-state index in [1.165, 1.54) is 37.4 Å². The molecule has 0 radical (unpaired) electrons. The predicted octanol–water partition coefficient (Wildman–Crippen LogP) is 6.94. The van der Waals surface area contributed by atoms with Crippen LogP contribution >= 0.6 is 47.2 Å². The summed E-state index contributed by atoms with van der Waals surface area (Å²) in [7, 11) is 0. The Kier molecular flexibility index (Phi) is 9.83. The first kappa shape index (κ1) is 21.5. The summed E-state index contributed by atoms with van der Waals surface area (Å²) in [6.07, 6.45) is 11.5. The number of benzene rings is 1. The average molecular weight is 431 g/mol. The molecule has 2 rings (SSSR count). The van der Waals surface area contributed by atoms with Crippen LogP contribution < -0.4 is 0 Å². The van der Waals surface area contributed by atoms with E-state index in [1.807, 2.05) is 22.9 Å². The van der Waals surface area contributed by atoms with E-state index in [9.17, 15) is 0 Å². The fraction of sp³-hybridized carbons (Fsp3) is 0.474. The van der Waals surface area contributed by atoms with E-state index in [2.05, 4.69) is 11.9 Å². The van der Waals surface area contributed by atoms with Crippen molar-refractivity contribution in [3.8, 4) is 0 Å². The Morgan fingerprint density at radius 2 is 2.08 bits per heavy atom. The maximum Gasteiger partial charge on any atom is 0.220 e. The summed E-state index contributed by atoms with van der Waals surface area (Å²) in [6, 6.07) is 5.56. The molecule has 1 aromatic carbocycles. The highest BCUT2D eigenvalue weighted by molar-refractivity contribution is 8.22. The van der Waals surface area contributed by atoms with Gasteiger partial charge in [0, 0.05) is 29.0 Å². The van der Waals surface area contributed by atoms with Crippen LogP contribution in [0.3, 0.4) is 0 Å². The van der Waals surface area contributed by atoms with Crippen LogP contribution in [0.1, 0.15) is 49.8 Å². The van der Waals surface area contributed by atoms with Gasteiger partial charge in [-0.3, -0.25) is 0 Å². The largest absolute Gasteiger partial charge is 0.479 e. The van der Waals surface area contributed by atoms with Crippen LogP contribution in [-0.2, 0) is 11.3 Å². The molecule has 0 bridgehead atoms. The van der Waals surface area contributed by atoms with Gasteiger partial charge >= 0.3 is 0 Å². The van der Waals surface area contributed by atoms with Gasteiger partial charge in [-0.15, -0.1) is 0 Å². The SMILES string of the molecule is CCCCCCCOC(=S)SC(Cn1ccnc1)c1ccc(Cl)cc1Cl. The third-order valence-corrected chi connectivity index (χ3v) is 5.92. The molecule has 1 aromatic heterocycles. The molecule has 26 heavy (non-hydrogen) atoms. The zero-order valence-corrected chi connectivity index (χ0v) is 18.0. The lowest BCUT2D eigenvalue weighted by Crippen LogP contribution is -2.10. The molecule has 0 saturated carbocycles. The standard InChI is InChI=1S/C19H24Cl2N2OS2/c1-2-3-4-5-6-11-24-19(25)26-18(13-23-10-9-22-14-23)16-8-7-15(20)12-17(16)21/h7-10,12,14,18H,2-6,11,13H2,1H3. The van der Waals surface area contributed by atoms with Gasteiger partial charge in [-0.1, -0.05) is 73.6 Å². The molecular weight excluding hydrogens is 407 g/mol. The van der Waals surface area contributed by atoms with Crippen molar-refractivity contribution in [2.75, 3.05) is 6.61 Å². The van der Waals surface area contributed by atoms with Crippen LogP contribution in [0.25, 0.3) is 0 Å². The van der Waals surface area contributed by atoms with Crippen LogP contribution in [-0.4, -0.2) is 20.5 Å². The molecule has 1 heterocycles. The van der Waals surface area contributed by atoms with Crippen LogP contribution in [0.2, 0.25) is 10.0 Å². The number of aromatic nitrogens is 2. The molecule has 0 fully saturated rings. The molecule has 1 unspecified atom stereocenters. The van der Waals surface area contributed by atoms with E-state index in [-0.39, 0.29) is 5.25 Å². The maximum absolute atomic E-state index is 6.42. The summed E-state index contributed by atoms with van der Waals surface area (Å²) in [5.41, 5.74) is 0.990. The monoisotopic (exact) mass is 430 g/mol. The van der Waals surface area contributed by atoms with Crippen molar-refractivity contribution in [2.45, 2.75) is 50.8 Å². The van der Waals surface area contributed by atoms with Crippen molar-refractivity contribution in [3.63, 3.8) is 0 Å². The summed E-state index contributed by atoms with van der Waals surface area (Å²) in [5, 5.41) is 1.29. The number of halogens is 2. The molecule has 2 aromatic rings. The van der Waals surface area contributed by atoms with Gasteiger partial charge in [0.25, 0.3) is 0 Å². The maximum atomic E-state index is 6.42. The number of nitrogens with zero attached hydrogens (tertiary/aromatic N) is 2. The van der Waals surface area contributed by atoms with Crippen molar-refractivity contribution in [1.82, 2.24) is 9.55 Å². The first-order chi connectivity index (χ1) is 12.6. The summed E-state index contributed by atoms with van der Waals surface area (Å²) in [4.78, 5) is 4.11. The highest BCUT2D eigenvalue weighted by Crippen LogP contribution is 2.37. The molecule has 7 heteroatoms. The molecular formula is C19H24Cl2N2OS2. The summed E-state index contributed by atoms with van der Waals surface area (Å²) in [6.45, 7) is 3.58. The van der Waals surface area contributed by atoms with E-state index in [0.717, 1.165) is 12.0 Å². The number of imidazole rings is 1. The van der Waals surface area contributed by atoms with E-state index in [0.29, 0.717) is 27.6 Å². The molecule has 0 aliphatic heterocycles. The Balaban J connectivity index is 1.94. The number of ether oxygens (including phenoxy) is 1. The van der Waals surface area contributed by atoms with Crippen molar-refractivity contribution >= 4 is 51.6 Å². The molecule has 142 valence electrons. The summed E-state index contributed by atoms with van der Waals surface area (Å²) in [5.74, 6) is 0. The number of hydrogen-bond acceptors (Lipinski definition) is 4. The molecule has 1 atom stereocenters. The minimum absolute atomic E-state index is 0.0292. The molecule has 0 aliphatic rings. The number of thioether (sulfide) groups is 1. The molecule has 0 aliphatic carbocycles. The smallest absolute Gasteiger partial charge is 0.220 e.